The second-order valence-electron chi connectivity index (χ2n) is 6.32. The van der Waals surface area contributed by atoms with Crippen LogP contribution in [0, 0.1) is 11.8 Å². The van der Waals surface area contributed by atoms with E-state index in [1.807, 2.05) is 11.0 Å². The minimum atomic E-state index is -0.0631. The highest BCUT2D eigenvalue weighted by Crippen LogP contribution is 2.31. The van der Waals surface area contributed by atoms with Crippen LogP contribution in [-0.4, -0.2) is 37.1 Å². The molecule has 5 heteroatoms. The Labute approximate surface area is 131 Å². The van der Waals surface area contributed by atoms with Crippen molar-refractivity contribution in [2.24, 2.45) is 11.8 Å². The highest BCUT2D eigenvalue weighted by atomic mass is 32.1. The molecule has 1 aliphatic heterocycles. The molecular weight excluding hydrogens is 284 g/mol. The van der Waals surface area contributed by atoms with Gasteiger partial charge in [0.2, 0.25) is 5.91 Å². The number of nitrogens with one attached hydrogen (secondary N) is 1. The van der Waals surface area contributed by atoms with Crippen LogP contribution in [0.4, 0.5) is 0 Å². The van der Waals surface area contributed by atoms with Crippen LogP contribution in [-0.2, 0) is 9.53 Å². The highest BCUT2D eigenvalue weighted by molar-refractivity contribution is 7.10. The van der Waals surface area contributed by atoms with Gasteiger partial charge in [0, 0.05) is 18.5 Å². The van der Waals surface area contributed by atoms with Gasteiger partial charge in [-0.15, -0.1) is 11.3 Å². The zero-order valence-corrected chi connectivity index (χ0v) is 14.2. The average Bonchev–Trinajstić information content (AvgIpc) is 3.02. The number of ether oxygens (including phenoxy) is 1. The van der Waals surface area contributed by atoms with Crippen LogP contribution < -0.4 is 5.32 Å². The molecule has 0 bridgehead atoms. The van der Waals surface area contributed by atoms with Crippen molar-refractivity contribution in [3.63, 3.8) is 0 Å². The highest BCUT2D eigenvalue weighted by Gasteiger charge is 2.40. The number of hydrogen-bond donors (Lipinski definition) is 1. The summed E-state index contributed by atoms with van der Waals surface area (Å²) in [5, 5.41) is 5.58. The Morgan fingerprint density at radius 3 is 2.76 bits per heavy atom. The van der Waals surface area contributed by atoms with Crippen LogP contribution >= 0.6 is 11.3 Å². The van der Waals surface area contributed by atoms with Crippen molar-refractivity contribution in [1.29, 1.82) is 0 Å². The lowest BCUT2D eigenvalue weighted by molar-refractivity contribution is -0.131. The largest absolute Gasteiger partial charge is 0.384 e. The smallest absolute Gasteiger partial charge is 0.241 e. The summed E-state index contributed by atoms with van der Waals surface area (Å²) in [7, 11) is 1.71. The molecule has 1 aromatic heterocycles. The molecule has 1 N–H and O–H groups in total. The Bertz CT molecular complexity index is 447. The number of carbonyl (C=O) groups excluding carboxylic acids is 1. The Balaban J connectivity index is 2.13. The molecule has 3 atom stereocenters. The van der Waals surface area contributed by atoms with E-state index < -0.39 is 0 Å². The van der Waals surface area contributed by atoms with Crippen LogP contribution in [0.25, 0.3) is 0 Å². The molecule has 1 aromatic rings. The first kappa shape index (κ1) is 16.5. The Kier molecular flexibility index (Phi) is 5.79. The predicted octanol–water partition coefficient (Wildman–Crippen LogP) is 2.88. The van der Waals surface area contributed by atoms with Gasteiger partial charge in [-0.05, 0) is 29.7 Å². The molecule has 0 spiro atoms. The maximum absolute atomic E-state index is 12.7. The van der Waals surface area contributed by atoms with Crippen molar-refractivity contribution in [3.05, 3.63) is 22.4 Å². The van der Waals surface area contributed by atoms with Gasteiger partial charge >= 0.3 is 0 Å². The molecule has 3 unspecified atom stereocenters. The lowest BCUT2D eigenvalue weighted by atomic mass is 10.0. The standard InChI is InChI=1S/C16H26N2O2S/c1-11(2)8-13-16(19)18(9-12(3)10-20-4)15(17-13)14-6-5-7-21-14/h5-7,11-13,15,17H,8-10H2,1-4H3. The summed E-state index contributed by atoms with van der Waals surface area (Å²) in [5.41, 5.74) is 0. The van der Waals surface area contributed by atoms with Gasteiger partial charge in [0.05, 0.1) is 12.6 Å². The van der Waals surface area contributed by atoms with Gasteiger partial charge in [-0.1, -0.05) is 26.8 Å². The third-order valence-corrected chi connectivity index (χ3v) is 4.66. The second kappa shape index (κ2) is 7.38. The fourth-order valence-corrected chi connectivity index (χ4v) is 3.67. The minimum absolute atomic E-state index is 0.0144. The monoisotopic (exact) mass is 310 g/mol. The van der Waals surface area contributed by atoms with Gasteiger partial charge in [0.1, 0.15) is 6.17 Å². The number of methoxy groups -OCH3 is 1. The van der Waals surface area contributed by atoms with Crippen molar-refractivity contribution in [2.45, 2.75) is 39.4 Å². The van der Waals surface area contributed by atoms with E-state index in [1.165, 1.54) is 4.88 Å². The first-order valence-electron chi connectivity index (χ1n) is 7.61. The number of thiophene rings is 1. The molecule has 21 heavy (non-hydrogen) atoms. The molecule has 2 rings (SSSR count). The van der Waals surface area contributed by atoms with Crippen LogP contribution in [0.5, 0.6) is 0 Å². The zero-order valence-electron chi connectivity index (χ0n) is 13.3. The van der Waals surface area contributed by atoms with E-state index in [9.17, 15) is 4.79 Å². The van der Waals surface area contributed by atoms with Gasteiger partial charge < -0.3 is 9.64 Å². The van der Waals surface area contributed by atoms with E-state index in [1.54, 1.807) is 18.4 Å². The number of amides is 1. The molecule has 2 heterocycles. The lowest BCUT2D eigenvalue weighted by Crippen LogP contribution is -2.35. The normalized spacial score (nSPS) is 24.0. The number of carbonyl (C=O) groups is 1. The molecule has 1 aliphatic rings. The Morgan fingerprint density at radius 1 is 1.43 bits per heavy atom. The number of nitrogens with zero attached hydrogens (tertiary/aromatic N) is 1. The van der Waals surface area contributed by atoms with E-state index in [2.05, 4.69) is 37.5 Å². The van der Waals surface area contributed by atoms with Crippen LogP contribution in [0.1, 0.15) is 38.2 Å². The fraction of sp³-hybridized carbons (Fsp3) is 0.688. The van der Waals surface area contributed by atoms with Crippen molar-refractivity contribution in [2.75, 3.05) is 20.3 Å². The Morgan fingerprint density at radius 2 is 2.19 bits per heavy atom. The molecule has 0 radical (unpaired) electrons. The van der Waals surface area contributed by atoms with Gasteiger partial charge in [-0.3, -0.25) is 10.1 Å². The van der Waals surface area contributed by atoms with E-state index in [-0.39, 0.29) is 18.1 Å². The van der Waals surface area contributed by atoms with Gasteiger partial charge in [-0.25, -0.2) is 0 Å². The first-order valence-corrected chi connectivity index (χ1v) is 8.49. The quantitative estimate of drug-likeness (QED) is 0.842. The molecule has 0 aliphatic carbocycles. The van der Waals surface area contributed by atoms with E-state index >= 15 is 0 Å². The third kappa shape index (κ3) is 4.05. The molecule has 4 nitrogen and oxygen atoms in total. The maximum Gasteiger partial charge on any atom is 0.241 e. The van der Waals surface area contributed by atoms with Crippen LogP contribution in [0.3, 0.4) is 0 Å². The SMILES string of the molecule is COCC(C)CN1C(=O)C(CC(C)C)NC1c1cccs1. The molecule has 1 saturated heterocycles. The van der Waals surface area contributed by atoms with Crippen molar-refractivity contribution >= 4 is 17.2 Å². The number of hydrogen-bond acceptors (Lipinski definition) is 4. The summed E-state index contributed by atoms with van der Waals surface area (Å²) < 4.78 is 5.21. The summed E-state index contributed by atoms with van der Waals surface area (Å²) in [6.45, 7) is 7.85. The van der Waals surface area contributed by atoms with E-state index in [0.717, 1.165) is 13.0 Å². The summed E-state index contributed by atoms with van der Waals surface area (Å²) in [5.74, 6) is 1.07. The van der Waals surface area contributed by atoms with Crippen molar-refractivity contribution in [3.8, 4) is 0 Å². The van der Waals surface area contributed by atoms with Gasteiger partial charge in [-0.2, -0.15) is 0 Å². The average molecular weight is 310 g/mol. The fourth-order valence-electron chi connectivity index (χ4n) is 2.87. The first-order chi connectivity index (χ1) is 10.0. The van der Waals surface area contributed by atoms with E-state index in [4.69, 9.17) is 4.74 Å². The van der Waals surface area contributed by atoms with Gasteiger partial charge in [0.15, 0.2) is 0 Å². The molecule has 1 amide bonds. The lowest BCUT2D eigenvalue weighted by Gasteiger charge is -2.26. The summed E-state index contributed by atoms with van der Waals surface area (Å²) in [6.07, 6.45) is 0.899. The minimum Gasteiger partial charge on any atom is -0.384 e. The zero-order chi connectivity index (χ0) is 15.4. The summed E-state index contributed by atoms with van der Waals surface area (Å²) in [4.78, 5) is 15.9. The van der Waals surface area contributed by atoms with Crippen molar-refractivity contribution < 1.29 is 9.53 Å². The molecule has 0 saturated carbocycles. The number of rotatable bonds is 7. The molecular formula is C16H26N2O2S. The molecule has 118 valence electrons. The second-order valence-corrected chi connectivity index (χ2v) is 7.30. The third-order valence-electron chi connectivity index (χ3n) is 3.73. The van der Waals surface area contributed by atoms with Crippen LogP contribution in [0.2, 0.25) is 0 Å². The Hall–Kier alpha value is -0.910. The van der Waals surface area contributed by atoms with E-state index in [0.29, 0.717) is 18.4 Å². The summed E-state index contributed by atoms with van der Waals surface area (Å²) >= 11 is 1.70. The van der Waals surface area contributed by atoms with Crippen molar-refractivity contribution in [1.82, 2.24) is 10.2 Å². The predicted molar refractivity (Wildman–Crippen MR) is 86.2 cm³/mol. The molecule has 0 aromatic carbocycles. The topological polar surface area (TPSA) is 41.6 Å². The van der Waals surface area contributed by atoms with Gasteiger partial charge in [0.25, 0.3) is 0 Å². The maximum atomic E-state index is 12.7. The summed E-state index contributed by atoms with van der Waals surface area (Å²) in [6, 6.07) is 4.08. The molecule has 1 fully saturated rings. The van der Waals surface area contributed by atoms with Crippen LogP contribution in [0.15, 0.2) is 17.5 Å².